The topological polar surface area (TPSA) is 6.48 Å². The van der Waals surface area contributed by atoms with Crippen LogP contribution in [0.15, 0.2) is 170 Å². The average Bonchev–Trinajstić information content (AvgIpc) is 4.13. The number of fused-ring (bicyclic) bond motifs is 14. The van der Waals surface area contributed by atoms with Crippen molar-refractivity contribution in [3.63, 3.8) is 0 Å². The number of hydrogen-bond donors (Lipinski definition) is 0. The van der Waals surface area contributed by atoms with Crippen molar-refractivity contribution < 1.29 is 0 Å². The summed E-state index contributed by atoms with van der Waals surface area (Å²) in [6, 6.07) is 64.5. The monoisotopic (exact) mass is 846 g/mol. The van der Waals surface area contributed by atoms with Crippen LogP contribution in [0, 0.1) is 0 Å². The van der Waals surface area contributed by atoms with E-state index in [-0.39, 0.29) is 10.8 Å². The zero-order valence-corrected chi connectivity index (χ0v) is 37.2. The van der Waals surface area contributed by atoms with Gasteiger partial charge in [-0.25, -0.2) is 0 Å². The summed E-state index contributed by atoms with van der Waals surface area (Å²) in [5.74, 6) is 0. The predicted octanol–water partition coefficient (Wildman–Crippen LogP) is 17.4. The Morgan fingerprint density at radius 1 is 0.318 bits per heavy atom. The Morgan fingerprint density at radius 3 is 0.970 bits per heavy atom. The molecule has 316 valence electrons. The molecule has 2 heterocycles. The number of nitrogens with zero attached hydrogens (tertiary/aromatic N) is 2. The molecule has 2 aliphatic heterocycles. The highest BCUT2D eigenvalue weighted by molar-refractivity contribution is 5.97. The fourth-order valence-electron chi connectivity index (χ4n) is 13.2. The van der Waals surface area contributed by atoms with Gasteiger partial charge in [0.15, 0.2) is 0 Å². The summed E-state index contributed by atoms with van der Waals surface area (Å²) in [7, 11) is 0. The lowest BCUT2D eigenvalue weighted by atomic mass is 9.76. The van der Waals surface area contributed by atoms with Crippen molar-refractivity contribution in [1.29, 1.82) is 0 Å². The molecule has 14 rings (SSSR count). The lowest BCUT2D eigenvalue weighted by molar-refractivity contribution is 0.550. The Kier molecular flexibility index (Phi) is 8.35. The molecule has 0 aromatic heterocycles. The SMILES string of the molecule is C(=Cc1ccc2c(c1)C1(CCCC1)c1cc(N3c4ccccc4C=Cc4ccccc43)ccc1-2)c1ccc2c(c1)C1(CCCC1)c1cc(N3c4ccccc4C=Cc4ccccc43)ccc1-2. The fraction of sp³-hybridized carbons (Fsp3) is 0.156. The molecule has 66 heavy (non-hydrogen) atoms. The maximum atomic E-state index is 2.54. The first-order chi connectivity index (χ1) is 32.6. The third-order valence-electron chi connectivity index (χ3n) is 16.2. The van der Waals surface area contributed by atoms with E-state index in [2.05, 4.69) is 216 Å². The van der Waals surface area contributed by atoms with E-state index in [1.54, 1.807) is 0 Å². The first-order valence-electron chi connectivity index (χ1n) is 24.2. The molecule has 0 bridgehead atoms. The van der Waals surface area contributed by atoms with Crippen LogP contribution in [0.1, 0.15) is 107 Å². The second-order valence-electron chi connectivity index (χ2n) is 19.6. The van der Waals surface area contributed by atoms with Crippen LogP contribution in [0.5, 0.6) is 0 Å². The molecule has 0 unspecified atom stereocenters. The lowest BCUT2D eigenvalue weighted by Crippen LogP contribution is -2.21. The Morgan fingerprint density at radius 2 is 0.621 bits per heavy atom. The van der Waals surface area contributed by atoms with Gasteiger partial charge in [-0.3, -0.25) is 0 Å². The van der Waals surface area contributed by atoms with Gasteiger partial charge in [-0.05, 0) is 152 Å². The molecule has 2 saturated carbocycles. The molecular formula is C64H50N2. The average molecular weight is 847 g/mol. The first kappa shape index (κ1) is 37.9. The van der Waals surface area contributed by atoms with Gasteiger partial charge in [0.1, 0.15) is 0 Å². The molecule has 2 fully saturated rings. The normalized spacial score (nSPS) is 17.2. The van der Waals surface area contributed by atoms with Crippen molar-refractivity contribution in [3.05, 3.63) is 225 Å². The minimum Gasteiger partial charge on any atom is -0.309 e. The van der Waals surface area contributed by atoms with E-state index < -0.39 is 0 Å². The summed E-state index contributed by atoms with van der Waals surface area (Å²) in [5, 5.41) is 0. The van der Waals surface area contributed by atoms with Gasteiger partial charge >= 0.3 is 0 Å². The summed E-state index contributed by atoms with van der Waals surface area (Å²) >= 11 is 0. The third kappa shape index (κ3) is 5.54. The van der Waals surface area contributed by atoms with E-state index in [1.165, 1.54) is 163 Å². The standard InChI is InChI=1S/C64H50N2/c1-5-17-59-45(13-1)25-26-46-14-2-6-18-60(46)65(59)49-29-33-53-51-31-23-43(39-55(51)63(57(53)41-49)35-9-10-36-63)21-22-44-24-32-52-54-34-30-50(42-58(54)64(56(52)40-44)37-11-12-38-64)66-61-19-7-3-15-47(61)27-28-48-16-4-8-20-62(48)66/h1-8,13-34,39-42H,9-12,35-38H2. The summed E-state index contributed by atoms with van der Waals surface area (Å²) in [6.45, 7) is 0. The van der Waals surface area contributed by atoms with Gasteiger partial charge in [-0.15, -0.1) is 0 Å². The maximum absolute atomic E-state index is 2.54. The molecule has 4 aliphatic carbocycles. The zero-order valence-electron chi connectivity index (χ0n) is 37.2. The second-order valence-corrected chi connectivity index (χ2v) is 19.6. The highest BCUT2D eigenvalue weighted by atomic mass is 15.2. The van der Waals surface area contributed by atoms with Crippen LogP contribution in [-0.4, -0.2) is 0 Å². The Bertz CT molecular complexity index is 3080. The van der Waals surface area contributed by atoms with Crippen LogP contribution in [0.4, 0.5) is 34.1 Å². The highest BCUT2D eigenvalue weighted by Crippen LogP contribution is 2.60. The van der Waals surface area contributed by atoms with Gasteiger partial charge in [-0.1, -0.05) is 183 Å². The van der Waals surface area contributed by atoms with E-state index in [4.69, 9.17) is 0 Å². The van der Waals surface area contributed by atoms with Crippen molar-refractivity contribution in [2.45, 2.75) is 62.2 Å². The molecule has 0 saturated heterocycles. The molecule has 0 atom stereocenters. The number of rotatable bonds is 4. The molecule has 6 aliphatic rings. The molecule has 2 nitrogen and oxygen atoms in total. The first-order valence-corrected chi connectivity index (χ1v) is 24.2. The van der Waals surface area contributed by atoms with E-state index >= 15 is 0 Å². The van der Waals surface area contributed by atoms with Gasteiger partial charge < -0.3 is 9.80 Å². The van der Waals surface area contributed by atoms with E-state index in [9.17, 15) is 0 Å². The van der Waals surface area contributed by atoms with E-state index in [1.807, 2.05) is 0 Å². The zero-order chi connectivity index (χ0) is 43.4. The number of benzene rings is 8. The largest absolute Gasteiger partial charge is 0.309 e. The van der Waals surface area contributed by atoms with Crippen LogP contribution in [0.25, 0.3) is 58.7 Å². The molecule has 8 aromatic rings. The molecule has 0 radical (unpaired) electrons. The number of para-hydroxylation sites is 4. The Hall–Kier alpha value is -7.42. The quantitative estimate of drug-likeness (QED) is 0.163. The summed E-state index contributed by atoms with van der Waals surface area (Å²) in [6.07, 6.45) is 23.7. The van der Waals surface area contributed by atoms with Gasteiger partial charge in [0.25, 0.3) is 0 Å². The number of hydrogen-bond acceptors (Lipinski definition) is 2. The highest BCUT2D eigenvalue weighted by Gasteiger charge is 2.47. The predicted molar refractivity (Wildman–Crippen MR) is 278 cm³/mol. The van der Waals surface area contributed by atoms with E-state index in [0.29, 0.717) is 0 Å². The van der Waals surface area contributed by atoms with E-state index in [0.717, 1.165) is 0 Å². The summed E-state index contributed by atoms with van der Waals surface area (Å²) in [5.41, 5.74) is 26.7. The van der Waals surface area contributed by atoms with Crippen molar-refractivity contribution in [3.8, 4) is 22.3 Å². The third-order valence-corrected chi connectivity index (χ3v) is 16.2. The molecule has 0 amide bonds. The molecule has 2 heteroatoms. The van der Waals surface area contributed by atoms with Crippen LogP contribution in [0.2, 0.25) is 0 Å². The fourth-order valence-corrected chi connectivity index (χ4v) is 13.2. The smallest absolute Gasteiger partial charge is 0.0534 e. The maximum Gasteiger partial charge on any atom is 0.0534 e. The molecular weight excluding hydrogens is 797 g/mol. The summed E-state index contributed by atoms with van der Waals surface area (Å²) < 4.78 is 0. The summed E-state index contributed by atoms with van der Waals surface area (Å²) in [4.78, 5) is 4.97. The van der Waals surface area contributed by atoms with Crippen LogP contribution < -0.4 is 9.80 Å². The minimum atomic E-state index is 0.0364. The Balaban J connectivity index is 0.808. The van der Waals surface area contributed by atoms with Gasteiger partial charge in [0.05, 0.1) is 22.7 Å². The van der Waals surface area contributed by atoms with Crippen molar-refractivity contribution in [2.24, 2.45) is 0 Å². The molecule has 8 aromatic carbocycles. The van der Waals surface area contributed by atoms with Crippen LogP contribution in [-0.2, 0) is 10.8 Å². The lowest BCUT2D eigenvalue weighted by Gasteiger charge is -2.30. The molecule has 0 N–H and O–H groups in total. The van der Waals surface area contributed by atoms with Crippen LogP contribution in [0.3, 0.4) is 0 Å². The van der Waals surface area contributed by atoms with Crippen molar-refractivity contribution in [2.75, 3.05) is 9.80 Å². The van der Waals surface area contributed by atoms with Gasteiger partial charge in [-0.2, -0.15) is 0 Å². The molecule has 2 spiro atoms. The van der Waals surface area contributed by atoms with Crippen molar-refractivity contribution in [1.82, 2.24) is 0 Å². The second kappa shape index (κ2) is 14.5. The van der Waals surface area contributed by atoms with Crippen LogP contribution >= 0.6 is 0 Å². The van der Waals surface area contributed by atoms with Gasteiger partial charge in [0, 0.05) is 22.2 Å². The minimum absolute atomic E-state index is 0.0364. The number of anilines is 6. The van der Waals surface area contributed by atoms with Gasteiger partial charge in [0.2, 0.25) is 0 Å². The Labute approximate surface area is 388 Å². The van der Waals surface area contributed by atoms with Crippen molar-refractivity contribution >= 4 is 70.6 Å².